The number of halogens is 1. The molecule has 1 aromatic carbocycles. The minimum absolute atomic E-state index is 0. The minimum atomic E-state index is -0.111. The van der Waals surface area contributed by atoms with Gasteiger partial charge in [-0.25, -0.2) is 0 Å². The number of guanidine groups is 1. The Bertz CT molecular complexity index is 546. The van der Waals surface area contributed by atoms with Gasteiger partial charge in [-0.15, -0.1) is 24.0 Å². The third kappa shape index (κ3) is 6.30. The maximum atomic E-state index is 9.65. The summed E-state index contributed by atoms with van der Waals surface area (Å²) < 4.78 is 0. The SMILES string of the molecule is CCNC(=NCC1CCN(c2ccccc2)C1)NC1CCC(O)CC1.I. The summed E-state index contributed by atoms with van der Waals surface area (Å²) in [6, 6.07) is 11.1. The topological polar surface area (TPSA) is 59.9 Å². The quantitative estimate of drug-likeness (QED) is 0.351. The van der Waals surface area contributed by atoms with Gasteiger partial charge in [-0.3, -0.25) is 4.99 Å². The second kappa shape index (κ2) is 11.0. The number of rotatable bonds is 5. The van der Waals surface area contributed by atoms with Crippen molar-refractivity contribution in [2.75, 3.05) is 31.1 Å². The van der Waals surface area contributed by atoms with Crippen molar-refractivity contribution in [1.82, 2.24) is 10.6 Å². The number of anilines is 1. The molecule has 1 atom stereocenters. The Morgan fingerprint density at radius 1 is 1.15 bits per heavy atom. The molecule has 5 nitrogen and oxygen atoms in total. The van der Waals surface area contributed by atoms with Crippen LogP contribution in [0.4, 0.5) is 5.69 Å². The zero-order valence-corrected chi connectivity index (χ0v) is 18.1. The Morgan fingerprint density at radius 3 is 2.58 bits per heavy atom. The predicted octanol–water partition coefficient (Wildman–Crippen LogP) is 2.99. The predicted molar refractivity (Wildman–Crippen MR) is 120 cm³/mol. The van der Waals surface area contributed by atoms with E-state index in [2.05, 4.69) is 52.8 Å². The Balaban J connectivity index is 0.00000243. The molecule has 1 saturated carbocycles. The second-order valence-corrected chi connectivity index (χ2v) is 7.31. The summed E-state index contributed by atoms with van der Waals surface area (Å²) in [5.41, 5.74) is 1.32. The summed E-state index contributed by atoms with van der Waals surface area (Å²) in [5.74, 6) is 1.55. The molecule has 1 aromatic rings. The van der Waals surface area contributed by atoms with Crippen LogP contribution in [0.2, 0.25) is 0 Å². The lowest BCUT2D eigenvalue weighted by molar-refractivity contribution is 0.120. The van der Waals surface area contributed by atoms with Crippen LogP contribution < -0.4 is 15.5 Å². The highest BCUT2D eigenvalue weighted by molar-refractivity contribution is 14.0. The molecule has 2 fully saturated rings. The van der Waals surface area contributed by atoms with E-state index in [1.165, 1.54) is 12.1 Å². The van der Waals surface area contributed by atoms with Crippen LogP contribution in [0.5, 0.6) is 0 Å². The molecule has 1 unspecified atom stereocenters. The molecule has 0 spiro atoms. The molecule has 146 valence electrons. The van der Waals surface area contributed by atoms with Crippen LogP contribution in [-0.4, -0.2) is 49.4 Å². The molecule has 2 aliphatic rings. The Morgan fingerprint density at radius 2 is 1.88 bits per heavy atom. The van der Waals surface area contributed by atoms with Gasteiger partial charge in [-0.05, 0) is 57.1 Å². The van der Waals surface area contributed by atoms with Crippen LogP contribution in [0.15, 0.2) is 35.3 Å². The molecule has 6 heteroatoms. The number of hydrogen-bond acceptors (Lipinski definition) is 3. The highest BCUT2D eigenvalue weighted by atomic mass is 127. The zero-order chi connectivity index (χ0) is 17.5. The largest absolute Gasteiger partial charge is 0.393 e. The van der Waals surface area contributed by atoms with E-state index in [0.717, 1.165) is 57.8 Å². The first-order chi connectivity index (χ1) is 12.2. The second-order valence-electron chi connectivity index (χ2n) is 7.31. The van der Waals surface area contributed by atoms with E-state index in [0.29, 0.717) is 12.0 Å². The van der Waals surface area contributed by atoms with E-state index in [-0.39, 0.29) is 30.1 Å². The van der Waals surface area contributed by atoms with Crippen molar-refractivity contribution in [3.8, 4) is 0 Å². The highest BCUT2D eigenvalue weighted by Crippen LogP contribution is 2.23. The summed E-state index contributed by atoms with van der Waals surface area (Å²) in [6.07, 6.45) is 4.93. The Kier molecular flexibility index (Phi) is 8.98. The molecule has 1 aliphatic carbocycles. The van der Waals surface area contributed by atoms with Gasteiger partial charge in [-0.2, -0.15) is 0 Å². The minimum Gasteiger partial charge on any atom is -0.393 e. The van der Waals surface area contributed by atoms with Crippen LogP contribution in [0.3, 0.4) is 0 Å². The average Bonchev–Trinajstić information content (AvgIpc) is 3.12. The monoisotopic (exact) mass is 472 g/mol. The van der Waals surface area contributed by atoms with E-state index in [1.807, 2.05) is 0 Å². The van der Waals surface area contributed by atoms with Gasteiger partial charge in [0.1, 0.15) is 0 Å². The third-order valence-corrected chi connectivity index (χ3v) is 5.30. The van der Waals surface area contributed by atoms with Crippen molar-refractivity contribution in [2.45, 2.75) is 51.2 Å². The number of aliphatic hydroxyl groups excluding tert-OH is 1. The molecule has 3 rings (SSSR count). The summed E-state index contributed by atoms with van der Waals surface area (Å²) in [4.78, 5) is 7.30. The number of aliphatic imine (C=N–C) groups is 1. The number of nitrogens with one attached hydrogen (secondary N) is 2. The first kappa shape index (κ1) is 21.3. The van der Waals surface area contributed by atoms with E-state index >= 15 is 0 Å². The first-order valence-corrected chi connectivity index (χ1v) is 9.77. The maximum absolute atomic E-state index is 9.65. The van der Waals surface area contributed by atoms with E-state index in [4.69, 9.17) is 4.99 Å². The summed E-state index contributed by atoms with van der Waals surface area (Å²) >= 11 is 0. The van der Waals surface area contributed by atoms with Gasteiger partial charge in [0.05, 0.1) is 6.10 Å². The maximum Gasteiger partial charge on any atom is 0.191 e. The van der Waals surface area contributed by atoms with Crippen LogP contribution >= 0.6 is 24.0 Å². The molecular formula is C20H33IN4O. The van der Waals surface area contributed by atoms with Gasteiger partial charge in [-0.1, -0.05) is 18.2 Å². The van der Waals surface area contributed by atoms with Gasteiger partial charge >= 0.3 is 0 Å². The standard InChI is InChI=1S/C20H32N4O.HI/c1-2-21-20(23-17-8-10-19(25)11-9-17)22-14-16-12-13-24(15-16)18-6-4-3-5-7-18;/h3-7,16-17,19,25H,2,8-15H2,1H3,(H2,21,22,23);1H. The van der Waals surface area contributed by atoms with Crippen LogP contribution in [0.25, 0.3) is 0 Å². The number of nitrogens with zero attached hydrogens (tertiary/aromatic N) is 2. The molecule has 1 aliphatic heterocycles. The van der Waals surface area contributed by atoms with Crippen molar-refractivity contribution >= 4 is 35.6 Å². The van der Waals surface area contributed by atoms with Crippen molar-refractivity contribution in [3.63, 3.8) is 0 Å². The third-order valence-electron chi connectivity index (χ3n) is 5.30. The van der Waals surface area contributed by atoms with Crippen LogP contribution in [0.1, 0.15) is 39.0 Å². The molecule has 3 N–H and O–H groups in total. The first-order valence-electron chi connectivity index (χ1n) is 9.77. The summed E-state index contributed by atoms with van der Waals surface area (Å²) in [5, 5.41) is 16.6. The number of para-hydroxylation sites is 1. The molecule has 0 aromatic heterocycles. The van der Waals surface area contributed by atoms with Crippen molar-refractivity contribution in [2.24, 2.45) is 10.9 Å². The van der Waals surface area contributed by atoms with Gasteiger partial charge in [0.15, 0.2) is 5.96 Å². The molecule has 1 saturated heterocycles. The zero-order valence-electron chi connectivity index (χ0n) is 15.7. The van der Waals surface area contributed by atoms with Crippen molar-refractivity contribution in [3.05, 3.63) is 30.3 Å². The number of benzene rings is 1. The molecular weight excluding hydrogens is 439 g/mol. The molecule has 26 heavy (non-hydrogen) atoms. The highest BCUT2D eigenvalue weighted by Gasteiger charge is 2.23. The fourth-order valence-electron chi connectivity index (χ4n) is 3.81. The van der Waals surface area contributed by atoms with Crippen LogP contribution in [-0.2, 0) is 0 Å². The van der Waals surface area contributed by atoms with Gasteiger partial charge < -0.3 is 20.6 Å². The number of aliphatic hydroxyl groups is 1. The Hall–Kier alpha value is -1.02. The molecule has 0 bridgehead atoms. The van der Waals surface area contributed by atoms with Gasteiger partial charge in [0.2, 0.25) is 0 Å². The fourth-order valence-corrected chi connectivity index (χ4v) is 3.81. The van der Waals surface area contributed by atoms with Crippen LogP contribution in [0, 0.1) is 5.92 Å². The normalized spacial score (nSPS) is 26.3. The lowest BCUT2D eigenvalue weighted by Crippen LogP contribution is -2.45. The van der Waals surface area contributed by atoms with E-state index in [9.17, 15) is 5.11 Å². The fraction of sp³-hybridized carbons (Fsp3) is 0.650. The average molecular weight is 472 g/mol. The smallest absolute Gasteiger partial charge is 0.191 e. The lowest BCUT2D eigenvalue weighted by atomic mass is 9.93. The lowest BCUT2D eigenvalue weighted by Gasteiger charge is -2.27. The van der Waals surface area contributed by atoms with Crippen molar-refractivity contribution in [1.29, 1.82) is 0 Å². The number of hydrogen-bond donors (Lipinski definition) is 3. The van der Waals surface area contributed by atoms with Gasteiger partial charge in [0.25, 0.3) is 0 Å². The Labute approximate surface area is 174 Å². The molecule has 0 radical (unpaired) electrons. The summed E-state index contributed by atoms with van der Waals surface area (Å²) in [6.45, 7) is 6.06. The van der Waals surface area contributed by atoms with E-state index in [1.54, 1.807) is 0 Å². The molecule has 0 amide bonds. The van der Waals surface area contributed by atoms with Crippen molar-refractivity contribution < 1.29 is 5.11 Å². The van der Waals surface area contributed by atoms with E-state index < -0.39 is 0 Å². The summed E-state index contributed by atoms with van der Waals surface area (Å²) in [7, 11) is 0. The van der Waals surface area contributed by atoms with Gasteiger partial charge in [0, 0.05) is 37.9 Å². The molecule has 1 heterocycles.